The molecule has 19 heavy (non-hydrogen) atoms. The van der Waals surface area contributed by atoms with Crippen LogP contribution < -0.4 is 0 Å². The lowest BCUT2D eigenvalue weighted by Gasteiger charge is -2.41. The lowest BCUT2D eigenvalue weighted by atomic mass is 9.86. The van der Waals surface area contributed by atoms with Gasteiger partial charge >= 0.3 is 5.97 Å². The second-order valence-electron chi connectivity index (χ2n) is 6.82. The van der Waals surface area contributed by atoms with Crippen molar-refractivity contribution in [3.05, 3.63) is 0 Å². The monoisotopic (exact) mass is 286 g/mol. The first-order chi connectivity index (χ1) is 8.58. The highest BCUT2D eigenvalue weighted by Gasteiger charge is 2.42. The van der Waals surface area contributed by atoms with Crippen molar-refractivity contribution in [2.45, 2.75) is 64.3 Å². The molecule has 0 aromatic carbocycles. The molecule has 0 bridgehead atoms. The third-order valence-corrected chi connectivity index (χ3v) is 8.89. The molecule has 2 atom stereocenters. The molecule has 0 saturated heterocycles. The van der Waals surface area contributed by atoms with Crippen molar-refractivity contribution in [2.24, 2.45) is 5.92 Å². The maximum Gasteiger partial charge on any atom is 0.316 e. The quantitative estimate of drug-likeness (QED) is 0.455. The average Bonchev–Trinajstić information content (AvgIpc) is 2.29. The minimum atomic E-state index is -1.85. The molecule has 0 radical (unpaired) electrons. The molecular formula is C14H26O4Si. The number of methoxy groups -OCH3 is 1. The Morgan fingerprint density at radius 3 is 2.37 bits per heavy atom. The fourth-order valence-electron chi connectivity index (χ4n) is 2.06. The van der Waals surface area contributed by atoms with E-state index in [2.05, 4.69) is 33.9 Å². The van der Waals surface area contributed by atoms with E-state index < -0.39 is 20.2 Å². The van der Waals surface area contributed by atoms with Crippen LogP contribution in [-0.4, -0.2) is 33.3 Å². The number of carbonyl (C=O) groups is 2. The number of rotatable bonds is 3. The van der Waals surface area contributed by atoms with Crippen molar-refractivity contribution in [3.8, 4) is 0 Å². The Labute approximate surface area is 117 Å². The summed E-state index contributed by atoms with van der Waals surface area (Å²) in [6.07, 6.45) is 1.61. The number of hydrogen-bond donors (Lipinski definition) is 0. The Kier molecular flexibility index (Phi) is 4.95. The van der Waals surface area contributed by atoms with Gasteiger partial charge in [-0.05, 0) is 31.0 Å². The molecule has 1 aliphatic rings. The van der Waals surface area contributed by atoms with E-state index >= 15 is 0 Å². The molecular weight excluding hydrogens is 260 g/mol. The van der Waals surface area contributed by atoms with Gasteiger partial charge in [0.15, 0.2) is 8.32 Å². The van der Waals surface area contributed by atoms with Crippen molar-refractivity contribution in [2.75, 3.05) is 7.11 Å². The average molecular weight is 286 g/mol. The number of hydrogen-bond acceptors (Lipinski definition) is 4. The Balaban J connectivity index is 2.72. The van der Waals surface area contributed by atoms with Crippen molar-refractivity contribution in [3.63, 3.8) is 0 Å². The highest BCUT2D eigenvalue weighted by atomic mass is 28.4. The van der Waals surface area contributed by atoms with Gasteiger partial charge in [0.2, 0.25) is 0 Å². The fourth-order valence-corrected chi connectivity index (χ4v) is 3.46. The highest BCUT2D eigenvalue weighted by molar-refractivity contribution is 6.74. The van der Waals surface area contributed by atoms with Gasteiger partial charge in [-0.15, -0.1) is 0 Å². The molecule has 1 fully saturated rings. The molecule has 0 aromatic rings. The van der Waals surface area contributed by atoms with Gasteiger partial charge in [-0.3, -0.25) is 9.59 Å². The van der Waals surface area contributed by atoms with E-state index in [1.807, 2.05) is 0 Å². The maximum absolute atomic E-state index is 11.8. The summed E-state index contributed by atoms with van der Waals surface area (Å²) in [7, 11) is -0.525. The molecule has 1 aliphatic carbocycles. The first-order valence-electron chi connectivity index (χ1n) is 6.87. The van der Waals surface area contributed by atoms with Gasteiger partial charge < -0.3 is 9.16 Å². The summed E-state index contributed by atoms with van der Waals surface area (Å²) in [4.78, 5) is 23.4. The predicted octanol–water partition coefficient (Wildman–Crippen LogP) is 2.92. The van der Waals surface area contributed by atoms with E-state index in [1.165, 1.54) is 7.11 Å². The Morgan fingerprint density at radius 2 is 1.89 bits per heavy atom. The standard InChI is InChI=1S/C14H26O4Si/c1-14(2,3)19(5,6)18-10-7-8-12(15)11(9-10)13(16)17-4/h10-11H,7-9H2,1-6H3. The zero-order valence-corrected chi connectivity index (χ0v) is 13.9. The third-order valence-electron chi connectivity index (χ3n) is 4.35. The number of ketones is 1. The molecule has 0 spiro atoms. The summed E-state index contributed by atoms with van der Waals surface area (Å²) in [5, 5.41) is 0.134. The van der Waals surface area contributed by atoms with Crippen LogP contribution in [0.3, 0.4) is 0 Å². The molecule has 4 nitrogen and oxygen atoms in total. The summed E-state index contributed by atoms with van der Waals surface area (Å²) in [5.74, 6) is -1.07. The van der Waals surface area contributed by atoms with Crippen LogP contribution in [0.2, 0.25) is 18.1 Å². The normalized spacial score (nSPS) is 25.3. The van der Waals surface area contributed by atoms with E-state index in [0.717, 1.165) is 6.42 Å². The lowest BCUT2D eigenvalue weighted by molar-refractivity contribution is -0.152. The first-order valence-corrected chi connectivity index (χ1v) is 9.77. The fraction of sp³-hybridized carbons (Fsp3) is 0.857. The number of carbonyl (C=O) groups excluding carboxylic acids is 2. The smallest absolute Gasteiger partial charge is 0.316 e. The molecule has 0 aromatic heterocycles. The SMILES string of the molecule is COC(=O)C1CC(O[Si](C)(C)C(C)(C)C)CCC1=O. The summed E-state index contributed by atoms with van der Waals surface area (Å²) in [5.41, 5.74) is 0. The van der Waals surface area contributed by atoms with Gasteiger partial charge in [-0.2, -0.15) is 0 Å². The number of Topliss-reactive ketones (excluding diaryl/α,β-unsaturated/α-hetero) is 1. The summed E-state index contributed by atoms with van der Waals surface area (Å²) in [6.45, 7) is 10.9. The Bertz CT molecular complexity index is 349. The van der Waals surface area contributed by atoms with Gasteiger partial charge in [0.1, 0.15) is 11.7 Å². The molecule has 0 heterocycles. The molecule has 0 N–H and O–H groups in total. The van der Waals surface area contributed by atoms with Crippen LogP contribution in [-0.2, 0) is 18.8 Å². The van der Waals surface area contributed by atoms with Crippen molar-refractivity contribution < 1.29 is 18.8 Å². The first kappa shape index (κ1) is 16.4. The van der Waals surface area contributed by atoms with E-state index in [-0.39, 0.29) is 16.9 Å². The van der Waals surface area contributed by atoms with E-state index in [4.69, 9.17) is 9.16 Å². The number of ether oxygens (including phenoxy) is 1. The van der Waals surface area contributed by atoms with Crippen molar-refractivity contribution in [1.82, 2.24) is 0 Å². The van der Waals surface area contributed by atoms with E-state index in [9.17, 15) is 9.59 Å². The molecule has 0 aliphatic heterocycles. The lowest BCUT2D eigenvalue weighted by Crippen LogP contribution is -2.46. The largest absolute Gasteiger partial charge is 0.468 e. The summed E-state index contributed by atoms with van der Waals surface area (Å²) < 4.78 is 11.0. The minimum Gasteiger partial charge on any atom is -0.468 e. The van der Waals surface area contributed by atoms with Crippen LogP contribution in [0.4, 0.5) is 0 Å². The predicted molar refractivity (Wildman–Crippen MR) is 76.4 cm³/mol. The van der Waals surface area contributed by atoms with Crippen LogP contribution in [0.1, 0.15) is 40.0 Å². The molecule has 0 amide bonds. The van der Waals surface area contributed by atoms with Gasteiger partial charge in [0.25, 0.3) is 0 Å². The number of esters is 1. The summed E-state index contributed by atoms with van der Waals surface area (Å²) in [6, 6.07) is 0. The molecule has 2 unspecified atom stereocenters. The van der Waals surface area contributed by atoms with E-state index in [1.54, 1.807) is 0 Å². The highest BCUT2D eigenvalue weighted by Crippen LogP contribution is 2.39. The van der Waals surface area contributed by atoms with E-state index in [0.29, 0.717) is 12.8 Å². The zero-order chi connectivity index (χ0) is 14.8. The summed E-state index contributed by atoms with van der Waals surface area (Å²) >= 11 is 0. The van der Waals surface area contributed by atoms with Crippen LogP contribution >= 0.6 is 0 Å². The topological polar surface area (TPSA) is 52.6 Å². The van der Waals surface area contributed by atoms with Crippen LogP contribution in [0.5, 0.6) is 0 Å². The van der Waals surface area contributed by atoms with Gasteiger partial charge in [0, 0.05) is 12.5 Å². The van der Waals surface area contributed by atoms with Crippen molar-refractivity contribution >= 4 is 20.1 Å². The molecule has 1 saturated carbocycles. The molecule has 5 heteroatoms. The van der Waals surface area contributed by atoms with Crippen LogP contribution in [0.15, 0.2) is 0 Å². The second-order valence-corrected chi connectivity index (χ2v) is 11.6. The third kappa shape index (κ3) is 3.89. The van der Waals surface area contributed by atoms with Gasteiger partial charge in [-0.1, -0.05) is 20.8 Å². The maximum atomic E-state index is 11.8. The second kappa shape index (κ2) is 5.75. The Hall–Kier alpha value is -0.683. The molecule has 110 valence electrons. The zero-order valence-electron chi connectivity index (χ0n) is 12.9. The van der Waals surface area contributed by atoms with Gasteiger partial charge in [-0.25, -0.2) is 0 Å². The van der Waals surface area contributed by atoms with Crippen LogP contribution in [0, 0.1) is 5.92 Å². The van der Waals surface area contributed by atoms with Crippen LogP contribution in [0.25, 0.3) is 0 Å². The Morgan fingerprint density at radius 1 is 1.32 bits per heavy atom. The van der Waals surface area contributed by atoms with Gasteiger partial charge in [0.05, 0.1) is 7.11 Å². The molecule has 1 rings (SSSR count). The minimum absolute atomic E-state index is 0.00249. The van der Waals surface area contributed by atoms with Crippen molar-refractivity contribution in [1.29, 1.82) is 0 Å².